The molecule has 2 aliphatic rings. The number of rotatable bonds is 25. The molecule has 0 radical (unpaired) electrons. The Kier molecular flexibility index (Phi) is 43.3. The van der Waals surface area contributed by atoms with Crippen LogP contribution in [0.4, 0.5) is 0 Å². The monoisotopic (exact) mass is 923 g/mol. The number of methoxy groups -OCH3 is 7. The predicted octanol–water partition coefficient (Wildman–Crippen LogP) is 7.09. The van der Waals surface area contributed by atoms with Crippen molar-refractivity contribution in [1.29, 1.82) is 0 Å². The van der Waals surface area contributed by atoms with E-state index in [2.05, 4.69) is 53.7 Å². The van der Waals surface area contributed by atoms with Crippen LogP contribution in [0.2, 0.25) is 0 Å². The summed E-state index contributed by atoms with van der Waals surface area (Å²) in [7, 11) is 14.9. The molecule has 14 nitrogen and oxygen atoms in total. The van der Waals surface area contributed by atoms with Gasteiger partial charge in [-0.2, -0.15) is 0 Å². The van der Waals surface area contributed by atoms with Crippen molar-refractivity contribution in [2.45, 2.75) is 174 Å². The van der Waals surface area contributed by atoms with Crippen LogP contribution in [0.3, 0.4) is 0 Å². The van der Waals surface area contributed by atoms with Gasteiger partial charge in [-0.15, -0.1) is 0 Å². The van der Waals surface area contributed by atoms with E-state index in [9.17, 15) is 10.2 Å². The second-order valence-corrected chi connectivity index (χ2v) is 16.5. The molecule has 15 unspecified atom stereocenters. The van der Waals surface area contributed by atoms with Crippen LogP contribution in [-0.4, -0.2) is 171 Å². The highest BCUT2D eigenvalue weighted by atomic mass is 16.7. The van der Waals surface area contributed by atoms with E-state index < -0.39 is 6.29 Å². The van der Waals surface area contributed by atoms with Crippen molar-refractivity contribution in [2.24, 2.45) is 23.7 Å². The first-order valence-corrected chi connectivity index (χ1v) is 23.1. The smallest absolute Gasteiger partial charge is 0.184 e. The largest absolute Gasteiger partial charge is 0.400 e. The maximum absolute atomic E-state index is 10.5. The molecule has 0 saturated carbocycles. The fourth-order valence-corrected chi connectivity index (χ4v) is 7.98. The van der Waals surface area contributed by atoms with Crippen LogP contribution in [0.15, 0.2) is 47.6 Å². The highest BCUT2D eigenvalue weighted by molar-refractivity contribution is 5.19. The average Bonchev–Trinajstić information content (AvgIpc) is 3.34. The van der Waals surface area contributed by atoms with E-state index in [4.69, 9.17) is 58.0 Å². The lowest BCUT2D eigenvalue weighted by Crippen LogP contribution is -2.49. The van der Waals surface area contributed by atoms with Crippen molar-refractivity contribution in [3.05, 3.63) is 47.6 Å². The third-order valence-corrected chi connectivity index (χ3v) is 12.3. The molecule has 0 spiro atoms. The molecule has 2 saturated heterocycles. The molecule has 14 heteroatoms. The van der Waals surface area contributed by atoms with E-state index in [0.717, 1.165) is 77.4 Å². The van der Waals surface area contributed by atoms with Gasteiger partial charge in [0, 0.05) is 95.8 Å². The number of hydrogen-bond acceptors (Lipinski definition) is 14. The fourth-order valence-electron chi connectivity index (χ4n) is 7.98. The molecule has 5 N–H and O–H groups in total. The normalized spacial score (nSPS) is 26.6. The summed E-state index contributed by atoms with van der Waals surface area (Å²) in [6.07, 6.45) is 18.2. The first kappa shape index (κ1) is 66.7. The minimum Gasteiger partial charge on any atom is -0.400 e. The van der Waals surface area contributed by atoms with Gasteiger partial charge in [-0.3, -0.25) is 0 Å². The second kappa shape index (κ2) is 41.6. The van der Waals surface area contributed by atoms with Gasteiger partial charge in [0.15, 0.2) is 6.29 Å². The molecule has 0 bridgehead atoms. The van der Waals surface area contributed by atoms with Gasteiger partial charge >= 0.3 is 0 Å². The molecule has 2 rings (SSSR count). The third-order valence-electron chi connectivity index (χ3n) is 12.3. The minimum atomic E-state index is -0.416. The van der Waals surface area contributed by atoms with Crippen LogP contribution in [0, 0.1) is 23.7 Å². The van der Waals surface area contributed by atoms with Gasteiger partial charge in [-0.05, 0) is 75.4 Å². The highest BCUT2D eigenvalue weighted by Gasteiger charge is 2.39. The first-order chi connectivity index (χ1) is 30.7. The summed E-state index contributed by atoms with van der Waals surface area (Å²) in [6.45, 7) is 17.4. The van der Waals surface area contributed by atoms with Crippen LogP contribution in [0.5, 0.6) is 0 Å². The Balaban J connectivity index is -0.00000104. The Labute approximate surface area is 390 Å². The van der Waals surface area contributed by atoms with Gasteiger partial charge in [0.25, 0.3) is 0 Å². The van der Waals surface area contributed by atoms with Gasteiger partial charge in [0.1, 0.15) is 18.3 Å². The van der Waals surface area contributed by atoms with E-state index >= 15 is 0 Å². The van der Waals surface area contributed by atoms with Gasteiger partial charge in [-0.1, -0.05) is 78.0 Å². The SMILES string of the molecule is CCC(OC)C(C)CCC(O)C(C)/C=C/C=C(\C)C1OC(OC)C(OC)CC1OC.CCC(OC)C(C)CCC(O)C(C)/C=C/C=C(\C)C1OCC(OC)CC1OC.CO.CO.CO. The number of aliphatic hydroxyl groups is 5. The average molecular weight is 923 g/mol. The zero-order valence-electron chi connectivity index (χ0n) is 43.4. The molecule has 0 amide bonds. The Morgan fingerprint density at radius 1 is 0.562 bits per heavy atom. The number of hydrogen-bond donors (Lipinski definition) is 5. The van der Waals surface area contributed by atoms with Crippen molar-refractivity contribution < 1.29 is 68.2 Å². The van der Waals surface area contributed by atoms with Gasteiger partial charge in [-0.25, -0.2) is 0 Å². The van der Waals surface area contributed by atoms with Crippen LogP contribution in [0.25, 0.3) is 0 Å². The molecule has 2 heterocycles. The molecule has 15 atom stereocenters. The van der Waals surface area contributed by atoms with Crippen LogP contribution < -0.4 is 0 Å². The lowest BCUT2D eigenvalue weighted by Gasteiger charge is -2.39. The second-order valence-electron chi connectivity index (χ2n) is 16.5. The summed E-state index contributed by atoms with van der Waals surface area (Å²) in [5.74, 6) is 1.06. The molecule has 0 aromatic carbocycles. The zero-order valence-corrected chi connectivity index (χ0v) is 43.4. The molecule has 2 aliphatic heterocycles. The van der Waals surface area contributed by atoms with Crippen molar-refractivity contribution in [3.8, 4) is 0 Å². The Hall–Kier alpha value is -1.60. The molecule has 64 heavy (non-hydrogen) atoms. The summed E-state index contributed by atoms with van der Waals surface area (Å²) >= 11 is 0. The molecule has 382 valence electrons. The van der Waals surface area contributed by atoms with Crippen molar-refractivity contribution >= 4 is 0 Å². The van der Waals surface area contributed by atoms with Gasteiger partial charge < -0.3 is 68.2 Å². The van der Waals surface area contributed by atoms with Crippen LogP contribution in [-0.2, 0) is 42.6 Å². The van der Waals surface area contributed by atoms with E-state index in [1.54, 1.807) is 49.8 Å². The Morgan fingerprint density at radius 2 is 0.969 bits per heavy atom. The van der Waals surface area contributed by atoms with Crippen LogP contribution in [0.1, 0.15) is 107 Å². The van der Waals surface area contributed by atoms with E-state index in [1.807, 2.05) is 38.2 Å². The Bertz CT molecular complexity index is 1170. The Morgan fingerprint density at radius 3 is 1.33 bits per heavy atom. The van der Waals surface area contributed by atoms with Gasteiger partial charge in [0.05, 0.1) is 49.3 Å². The molecule has 2 fully saturated rings. The zero-order chi connectivity index (χ0) is 49.8. The molecule has 0 aromatic heterocycles. The third kappa shape index (κ3) is 25.5. The summed E-state index contributed by atoms with van der Waals surface area (Å²) in [6, 6.07) is 0. The molecular formula is C50H98O14. The highest BCUT2D eigenvalue weighted by Crippen LogP contribution is 2.29. The standard InChI is InChI=1S/C24H44O6.C23H42O5.3CH4O/c1-9-20(26-5)17(3)13-14-19(25)16(2)11-10-12-18(4)23-21(27-6)15-22(28-7)24(29-8)30-23;1-8-21(26-6)17(3)12-13-20(24)16(2)10-9-11-18(4)23-22(27-7)14-19(25-5)15-28-23;3*1-2/h10-12,16-17,19-25H,9,13-15H2,1-8H3;9-11,16-17,19-24H,8,12-15H2,1-7H3;3*2H,1H3/b11-10+,18-12+;10-9+,18-11+;;;. The quantitative estimate of drug-likeness (QED) is 0.0585. The summed E-state index contributed by atoms with van der Waals surface area (Å²) in [5, 5.41) is 42.0. The van der Waals surface area contributed by atoms with Crippen molar-refractivity contribution in [1.82, 2.24) is 0 Å². The van der Waals surface area contributed by atoms with Crippen molar-refractivity contribution in [3.63, 3.8) is 0 Å². The minimum absolute atomic E-state index is 0.000136. The van der Waals surface area contributed by atoms with Crippen molar-refractivity contribution in [2.75, 3.05) is 77.7 Å². The fraction of sp³-hybridized carbons (Fsp3) is 0.840. The summed E-state index contributed by atoms with van der Waals surface area (Å²) < 4.78 is 50.5. The first-order valence-electron chi connectivity index (χ1n) is 23.1. The molecule has 0 aromatic rings. The van der Waals surface area contributed by atoms with Crippen LogP contribution >= 0.6 is 0 Å². The predicted molar refractivity (Wildman–Crippen MR) is 257 cm³/mol. The maximum Gasteiger partial charge on any atom is 0.184 e. The number of aliphatic hydroxyl groups excluding tert-OH is 5. The van der Waals surface area contributed by atoms with E-state index in [1.165, 1.54) is 0 Å². The number of allylic oxidation sites excluding steroid dienone is 4. The number of ether oxygens (including phenoxy) is 9. The lowest BCUT2D eigenvalue weighted by molar-refractivity contribution is -0.256. The lowest BCUT2D eigenvalue weighted by atomic mass is 9.91. The maximum atomic E-state index is 10.5. The topological polar surface area (TPSA) is 184 Å². The summed E-state index contributed by atoms with van der Waals surface area (Å²) in [4.78, 5) is 0. The molecule has 0 aliphatic carbocycles. The van der Waals surface area contributed by atoms with E-state index in [0.29, 0.717) is 24.9 Å². The van der Waals surface area contributed by atoms with Gasteiger partial charge in [0.2, 0.25) is 0 Å². The molecular weight excluding hydrogens is 825 g/mol. The van der Waals surface area contributed by atoms with E-state index in [-0.39, 0.29) is 72.9 Å². The summed E-state index contributed by atoms with van der Waals surface area (Å²) in [5.41, 5.74) is 2.18.